The number of aromatic hydroxyl groups is 1. The Kier molecular flexibility index (Phi) is 7.77. The van der Waals surface area contributed by atoms with Gasteiger partial charge in [-0.2, -0.15) is 5.10 Å². The van der Waals surface area contributed by atoms with Gasteiger partial charge in [-0.1, -0.05) is 35.4 Å². The van der Waals surface area contributed by atoms with Crippen LogP contribution < -0.4 is 4.90 Å². The fourth-order valence-electron chi connectivity index (χ4n) is 9.21. The lowest BCUT2D eigenvalue weighted by Crippen LogP contribution is -2.48. The molecule has 13 heteroatoms. The lowest BCUT2D eigenvalue weighted by molar-refractivity contribution is -0.142. The van der Waals surface area contributed by atoms with Crippen LogP contribution in [-0.4, -0.2) is 61.0 Å². The second-order valence-corrected chi connectivity index (χ2v) is 15.8. The highest BCUT2D eigenvalue weighted by Crippen LogP contribution is 2.63. The summed E-state index contributed by atoms with van der Waals surface area (Å²) in [5, 5.41) is 26.1. The molecule has 0 spiro atoms. The Balaban J connectivity index is 1.20. The summed E-state index contributed by atoms with van der Waals surface area (Å²) in [6.45, 7) is 3.80. The number of fused-ring (bicyclic) bond motifs is 5. The van der Waals surface area contributed by atoms with Crippen LogP contribution in [0.25, 0.3) is 20.7 Å². The number of allylic oxidation sites excluding steroid dienone is 2. The highest BCUT2D eigenvalue weighted by molar-refractivity contribution is 7.22. The van der Waals surface area contributed by atoms with Crippen molar-refractivity contribution in [2.45, 2.75) is 45.4 Å². The molecule has 11 nitrogen and oxygen atoms in total. The number of carboxylic acids is 1. The molecule has 4 aliphatic rings. The van der Waals surface area contributed by atoms with Crippen LogP contribution in [0.5, 0.6) is 5.75 Å². The molecule has 4 heterocycles. The first-order valence-electron chi connectivity index (χ1n) is 17.0. The van der Waals surface area contributed by atoms with Crippen molar-refractivity contribution in [3.8, 4) is 16.3 Å². The smallest absolute Gasteiger partial charge is 0.303 e. The van der Waals surface area contributed by atoms with E-state index >= 15 is 0 Å². The van der Waals surface area contributed by atoms with E-state index < -0.39 is 52.8 Å². The maximum Gasteiger partial charge on any atom is 0.303 e. The number of likely N-dealkylation sites (tertiary alicyclic amines) is 1. The van der Waals surface area contributed by atoms with Crippen molar-refractivity contribution in [3.05, 3.63) is 76.3 Å². The molecule has 4 amide bonds. The van der Waals surface area contributed by atoms with Gasteiger partial charge < -0.3 is 10.2 Å². The molecule has 0 radical (unpaired) electrons. The number of aliphatic carboxylic acids is 1. The Hall–Kier alpha value is -4.81. The Bertz CT molecular complexity index is 2240. The summed E-state index contributed by atoms with van der Waals surface area (Å²) in [5.41, 5.74) is 1.78. The van der Waals surface area contributed by atoms with Gasteiger partial charge in [0.05, 0.1) is 28.0 Å². The number of carbonyl (C=O) groups excluding carboxylic acids is 4. The molecule has 2 saturated heterocycles. The van der Waals surface area contributed by atoms with Crippen LogP contribution in [0, 0.1) is 36.0 Å². The van der Waals surface area contributed by atoms with Crippen LogP contribution in [0.15, 0.2) is 60.2 Å². The van der Waals surface area contributed by atoms with Gasteiger partial charge in [0.15, 0.2) is 0 Å². The number of aryl methyl sites for hydroxylation is 2. The van der Waals surface area contributed by atoms with E-state index in [1.165, 1.54) is 15.9 Å². The van der Waals surface area contributed by atoms with Crippen LogP contribution >= 0.6 is 22.9 Å². The molecule has 2 aromatic heterocycles. The maximum atomic E-state index is 14.9. The maximum absolute atomic E-state index is 14.9. The molecule has 8 rings (SSSR count). The Labute approximate surface area is 302 Å². The first-order chi connectivity index (χ1) is 24.3. The van der Waals surface area contributed by atoms with E-state index in [2.05, 4.69) is 0 Å². The number of amides is 4. The molecule has 2 aliphatic carbocycles. The number of hydrogen-bond acceptors (Lipinski definition) is 8. The van der Waals surface area contributed by atoms with Crippen molar-refractivity contribution in [3.63, 3.8) is 0 Å². The third-order valence-corrected chi connectivity index (χ3v) is 13.1. The first-order valence-corrected chi connectivity index (χ1v) is 18.2. The predicted molar refractivity (Wildman–Crippen MR) is 190 cm³/mol. The zero-order chi connectivity index (χ0) is 36.1. The molecule has 0 bridgehead atoms. The number of rotatable bonds is 7. The van der Waals surface area contributed by atoms with E-state index in [4.69, 9.17) is 21.8 Å². The van der Waals surface area contributed by atoms with Gasteiger partial charge in [0.2, 0.25) is 23.6 Å². The molecule has 4 aromatic rings. The van der Waals surface area contributed by atoms with Gasteiger partial charge >= 0.3 is 5.97 Å². The molecular weight excluding hydrogens is 692 g/mol. The van der Waals surface area contributed by atoms with Gasteiger partial charge in [0.25, 0.3) is 0 Å². The number of phenolic OH excluding ortho intramolecular Hbond substituents is 1. The Morgan fingerprint density at radius 2 is 1.84 bits per heavy atom. The number of halogens is 1. The predicted octanol–water partition coefficient (Wildman–Crippen LogP) is 6.06. The molecule has 2 aliphatic heterocycles. The highest BCUT2D eigenvalue weighted by Gasteiger charge is 2.68. The lowest BCUT2D eigenvalue weighted by atomic mass is 9.51. The number of imide groups is 2. The van der Waals surface area contributed by atoms with E-state index in [9.17, 15) is 29.1 Å². The molecule has 2 N–H and O–H groups in total. The quantitative estimate of drug-likeness (QED) is 0.172. The van der Waals surface area contributed by atoms with E-state index in [0.717, 1.165) is 26.1 Å². The van der Waals surface area contributed by atoms with Crippen molar-refractivity contribution in [1.82, 2.24) is 14.7 Å². The Morgan fingerprint density at radius 3 is 2.59 bits per heavy atom. The molecular formula is C38H35ClN4O7S. The molecule has 262 valence electrons. The molecule has 3 fully saturated rings. The van der Waals surface area contributed by atoms with Crippen molar-refractivity contribution in [2.24, 2.45) is 36.1 Å². The standard InChI is InChI=1S/C38H35ClN4O7S/c1-18-24-15-20(39)9-12-28(24)51-33(18)27-17-29(41(3)40-27)43-35(48)26-16-25-22(32(38(26,2)37(43)50)19-6-4-7-21(44)14-19)10-11-23-31(25)36(49)42(34(23)47)13-5-8-30(45)46/h4,6-7,9-10,12,14-15,17,23,25-26,31-32,44H,5,8,11,13,16H2,1-3H3,(H,45,46). The molecule has 6 atom stereocenters. The number of thiophene rings is 1. The van der Waals surface area contributed by atoms with E-state index in [1.807, 2.05) is 37.3 Å². The molecule has 1 saturated carbocycles. The molecule has 6 unspecified atom stereocenters. The summed E-state index contributed by atoms with van der Waals surface area (Å²) >= 11 is 7.84. The van der Waals surface area contributed by atoms with Crippen molar-refractivity contribution in [1.29, 1.82) is 0 Å². The summed E-state index contributed by atoms with van der Waals surface area (Å²) in [4.78, 5) is 71.6. The third-order valence-electron chi connectivity index (χ3n) is 11.6. The summed E-state index contributed by atoms with van der Waals surface area (Å²) < 4.78 is 2.58. The third kappa shape index (κ3) is 4.90. The lowest BCUT2D eigenvalue weighted by Gasteiger charge is -2.49. The van der Waals surface area contributed by atoms with Crippen LogP contribution in [0.4, 0.5) is 5.82 Å². The van der Waals surface area contributed by atoms with E-state index in [1.54, 1.807) is 48.2 Å². The number of hydrogen-bond donors (Lipinski definition) is 2. The minimum absolute atomic E-state index is 0.00526. The van der Waals surface area contributed by atoms with Crippen molar-refractivity contribution in [2.75, 3.05) is 11.4 Å². The van der Waals surface area contributed by atoms with E-state index in [-0.39, 0.29) is 49.8 Å². The number of nitrogens with zero attached hydrogens (tertiary/aromatic N) is 4. The fourth-order valence-corrected chi connectivity index (χ4v) is 10.5. The fraction of sp³-hybridized carbons (Fsp3) is 0.368. The van der Waals surface area contributed by atoms with Crippen molar-refractivity contribution < 1.29 is 34.2 Å². The SMILES string of the molecule is Cc1c(-c2cc(N3C(=O)C4CC5C(=CCC6C(=O)N(CCCC(=O)O)C(=O)C65)C(c5cccc(O)c5)C4(C)C3=O)n(C)n2)sc2ccc(Cl)cc12. The van der Waals surface area contributed by atoms with Gasteiger partial charge in [0.1, 0.15) is 17.3 Å². The summed E-state index contributed by atoms with van der Waals surface area (Å²) in [6.07, 6.45) is 2.39. The molecule has 51 heavy (non-hydrogen) atoms. The van der Waals surface area contributed by atoms with E-state index in [0.29, 0.717) is 22.1 Å². The second-order valence-electron chi connectivity index (χ2n) is 14.3. The summed E-state index contributed by atoms with van der Waals surface area (Å²) in [5.74, 6) is -5.56. The number of carboxylic acid groups (broad SMARTS) is 1. The van der Waals surface area contributed by atoms with Crippen LogP contribution in [0.1, 0.15) is 49.7 Å². The number of aromatic nitrogens is 2. The first kappa shape index (κ1) is 33.3. The number of carbonyl (C=O) groups is 5. The van der Waals surface area contributed by atoms with Gasteiger partial charge in [-0.15, -0.1) is 11.3 Å². The minimum atomic E-state index is -1.28. The van der Waals surface area contributed by atoms with Crippen molar-refractivity contribution >= 4 is 68.4 Å². The highest BCUT2D eigenvalue weighted by atomic mass is 35.5. The summed E-state index contributed by atoms with van der Waals surface area (Å²) in [7, 11) is 1.70. The van der Waals surface area contributed by atoms with Gasteiger partial charge in [-0.05, 0) is 85.9 Å². The summed E-state index contributed by atoms with van der Waals surface area (Å²) in [6, 6.07) is 14.1. The zero-order valence-corrected chi connectivity index (χ0v) is 29.7. The van der Waals surface area contributed by atoms with Gasteiger partial charge in [-0.3, -0.25) is 33.6 Å². The van der Waals surface area contributed by atoms with Crippen LogP contribution in [0.3, 0.4) is 0 Å². The van der Waals surface area contributed by atoms with Crippen LogP contribution in [0.2, 0.25) is 5.02 Å². The zero-order valence-electron chi connectivity index (χ0n) is 28.1. The Morgan fingerprint density at radius 1 is 1.06 bits per heavy atom. The number of anilines is 1. The average molecular weight is 727 g/mol. The topological polar surface area (TPSA) is 150 Å². The minimum Gasteiger partial charge on any atom is -0.508 e. The average Bonchev–Trinajstić information content (AvgIpc) is 3.75. The largest absolute Gasteiger partial charge is 0.508 e. The molecule has 2 aromatic carbocycles. The van der Waals surface area contributed by atoms with Gasteiger partial charge in [0, 0.05) is 41.7 Å². The normalized spacial score (nSPS) is 27.2. The second kappa shape index (κ2) is 11.9. The van der Waals surface area contributed by atoms with Gasteiger partial charge in [-0.25, -0.2) is 4.90 Å². The number of phenols is 1. The number of benzene rings is 2. The van der Waals surface area contributed by atoms with Crippen LogP contribution in [-0.2, 0) is 31.0 Å². The monoisotopic (exact) mass is 726 g/mol.